The second-order valence-corrected chi connectivity index (χ2v) is 10.8. The predicted molar refractivity (Wildman–Crippen MR) is 161 cm³/mol. The third kappa shape index (κ3) is 18.0. The molecule has 0 heterocycles. The summed E-state index contributed by atoms with van der Waals surface area (Å²) in [6, 6.07) is 10.6. The third-order valence-electron chi connectivity index (χ3n) is 4.58. The number of allylic oxidation sites excluding steroid dienone is 1. The van der Waals surface area contributed by atoms with Crippen molar-refractivity contribution >= 4 is 31.9 Å². The Kier molecular flexibility index (Phi) is 22.1. The van der Waals surface area contributed by atoms with Crippen LogP contribution in [0.25, 0.3) is 0 Å². The fourth-order valence-electron chi connectivity index (χ4n) is 2.63. The van der Waals surface area contributed by atoms with Crippen molar-refractivity contribution in [3.63, 3.8) is 0 Å². The first kappa shape index (κ1) is 41.1. The molecule has 0 bridgehead atoms. The van der Waals surface area contributed by atoms with E-state index in [1.807, 2.05) is 6.08 Å². The average Bonchev–Trinajstić information content (AvgIpc) is 2.86. The number of hydrogen-bond acceptors (Lipinski definition) is 7. The fraction of sp³-hybridized carbons (Fsp3) is 0.333. The Hall–Kier alpha value is -3.36. The molecule has 11 nitrogen and oxygen atoms in total. The summed E-state index contributed by atoms with van der Waals surface area (Å²) in [7, 11) is -7.61. The molecule has 0 unspecified atom stereocenters. The molecule has 0 aliphatic heterocycles. The van der Waals surface area contributed by atoms with Gasteiger partial charge >= 0.3 is 5.97 Å². The van der Waals surface area contributed by atoms with E-state index in [1.54, 1.807) is 12.1 Å². The molecular formula is C27H44N4O7S2. The molecule has 13 heteroatoms. The van der Waals surface area contributed by atoms with E-state index in [0.717, 1.165) is 44.7 Å². The number of aromatic carboxylic acids is 1. The van der Waals surface area contributed by atoms with Gasteiger partial charge < -0.3 is 16.2 Å². The number of carbonyl (C=O) groups excluding carboxylic acids is 1. The number of sulfonamides is 2. The zero-order chi connectivity index (χ0) is 29.2. The first-order valence-corrected chi connectivity index (χ1v) is 14.6. The van der Waals surface area contributed by atoms with Crippen LogP contribution in [0.5, 0.6) is 0 Å². The van der Waals surface area contributed by atoms with Crippen molar-refractivity contribution in [2.45, 2.75) is 56.7 Å². The molecule has 0 aliphatic rings. The number of hydrogen-bond donors (Lipinski definition) is 5. The van der Waals surface area contributed by atoms with Crippen LogP contribution in [0.3, 0.4) is 0 Å². The lowest BCUT2D eigenvalue weighted by atomic mass is 10.2. The summed E-state index contributed by atoms with van der Waals surface area (Å²) in [5.41, 5.74) is 5.26. The molecule has 0 atom stereocenters. The first-order chi connectivity index (χ1) is 17.8. The lowest BCUT2D eigenvalue weighted by Crippen LogP contribution is -2.24. The molecule has 2 rings (SSSR count). The average molecular weight is 601 g/mol. The molecule has 226 valence electrons. The largest absolute Gasteiger partial charge is 0.478 e. The van der Waals surface area contributed by atoms with Gasteiger partial charge in [-0.05, 0) is 68.6 Å². The van der Waals surface area contributed by atoms with Gasteiger partial charge in [-0.25, -0.2) is 31.9 Å². The molecule has 0 saturated carbocycles. The van der Waals surface area contributed by atoms with Crippen LogP contribution in [0.15, 0.2) is 83.6 Å². The highest BCUT2D eigenvalue weighted by Crippen LogP contribution is 2.10. The SMILES string of the molecule is C.C.C=CCCCCCNC(=O)c1cccc(S(N)(=O)=O)c1.C=CCCN.NS(=O)(=O)c1cccc(C(=O)O)c1. The first-order valence-electron chi connectivity index (χ1n) is 11.5. The van der Waals surface area contributed by atoms with Crippen LogP contribution < -0.4 is 21.3 Å². The Balaban J connectivity index is -0.000000590. The zero-order valence-electron chi connectivity index (χ0n) is 21.1. The highest BCUT2D eigenvalue weighted by Gasteiger charge is 2.12. The highest BCUT2D eigenvalue weighted by molar-refractivity contribution is 7.89. The summed E-state index contributed by atoms with van der Waals surface area (Å²) in [6.45, 7) is 8.41. The smallest absolute Gasteiger partial charge is 0.335 e. The summed E-state index contributed by atoms with van der Waals surface area (Å²) < 4.78 is 44.0. The van der Waals surface area contributed by atoms with Crippen molar-refractivity contribution in [2.24, 2.45) is 16.0 Å². The number of primary sulfonamides is 2. The summed E-state index contributed by atoms with van der Waals surface area (Å²) in [5.74, 6) is -1.48. The normalized spacial score (nSPS) is 10.1. The van der Waals surface area contributed by atoms with Gasteiger partial charge in [-0.3, -0.25) is 4.79 Å². The van der Waals surface area contributed by atoms with Crippen LogP contribution in [0.2, 0.25) is 0 Å². The number of unbranched alkanes of at least 4 members (excludes halogenated alkanes) is 3. The number of amides is 1. The molecule has 0 aliphatic carbocycles. The molecule has 1 amide bonds. The number of rotatable bonds is 12. The van der Waals surface area contributed by atoms with Crippen LogP contribution >= 0.6 is 0 Å². The number of carbonyl (C=O) groups is 2. The van der Waals surface area contributed by atoms with E-state index in [0.29, 0.717) is 12.1 Å². The van der Waals surface area contributed by atoms with Crippen molar-refractivity contribution in [2.75, 3.05) is 13.1 Å². The fourth-order valence-corrected chi connectivity index (χ4v) is 3.75. The maximum Gasteiger partial charge on any atom is 0.335 e. The van der Waals surface area contributed by atoms with Crippen LogP contribution in [-0.2, 0) is 20.0 Å². The highest BCUT2D eigenvalue weighted by atomic mass is 32.2. The molecule has 2 aromatic rings. The molecule has 0 spiro atoms. The number of nitrogens with one attached hydrogen (secondary N) is 1. The maximum atomic E-state index is 11.8. The van der Waals surface area contributed by atoms with E-state index in [-0.39, 0.29) is 36.1 Å². The number of benzene rings is 2. The minimum absolute atomic E-state index is 0. The van der Waals surface area contributed by atoms with E-state index in [9.17, 15) is 26.4 Å². The quantitative estimate of drug-likeness (QED) is 0.179. The lowest BCUT2D eigenvalue weighted by molar-refractivity contribution is 0.0696. The zero-order valence-corrected chi connectivity index (χ0v) is 22.7. The molecule has 2 aromatic carbocycles. The van der Waals surface area contributed by atoms with Gasteiger partial charge in [0, 0.05) is 12.1 Å². The Bertz CT molecular complexity index is 1280. The number of nitrogens with two attached hydrogens (primary N) is 3. The van der Waals surface area contributed by atoms with Crippen molar-refractivity contribution < 1.29 is 31.5 Å². The van der Waals surface area contributed by atoms with E-state index in [2.05, 4.69) is 18.5 Å². The minimum atomic E-state index is -3.82. The summed E-state index contributed by atoms with van der Waals surface area (Å²) in [4.78, 5) is 22.0. The van der Waals surface area contributed by atoms with Crippen LogP contribution in [0.1, 0.15) is 67.7 Å². The maximum absolute atomic E-state index is 11.8. The Labute approximate surface area is 239 Å². The van der Waals surface area contributed by atoms with Crippen molar-refractivity contribution in [3.05, 3.63) is 85.0 Å². The lowest BCUT2D eigenvalue weighted by Gasteiger charge is -2.06. The van der Waals surface area contributed by atoms with E-state index < -0.39 is 26.0 Å². The monoisotopic (exact) mass is 600 g/mol. The topological polar surface area (TPSA) is 213 Å². The second kappa shape index (κ2) is 21.5. The van der Waals surface area contributed by atoms with E-state index in [4.69, 9.17) is 21.1 Å². The molecular weight excluding hydrogens is 556 g/mol. The second-order valence-electron chi connectivity index (χ2n) is 7.71. The van der Waals surface area contributed by atoms with Gasteiger partial charge in [0.15, 0.2) is 0 Å². The van der Waals surface area contributed by atoms with Gasteiger partial charge in [0.05, 0.1) is 15.4 Å². The molecule has 0 aromatic heterocycles. The van der Waals surface area contributed by atoms with Crippen LogP contribution in [0, 0.1) is 0 Å². The molecule has 8 N–H and O–H groups in total. The molecule has 0 fully saturated rings. The van der Waals surface area contributed by atoms with Gasteiger partial charge in [0.1, 0.15) is 0 Å². The summed E-state index contributed by atoms with van der Waals surface area (Å²) >= 11 is 0. The molecule has 0 saturated heterocycles. The standard InChI is InChI=1S/C14H20N2O3S.C7H7NO4S.C4H9N.2CH4/c1-2-3-4-5-6-10-16-14(17)12-8-7-9-13(11-12)20(15,18)19;8-13(11,12)6-3-1-2-5(4-6)7(9)10;1-2-3-4-5;;/h2,7-9,11H,1,3-6,10H2,(H,16,17)(H2,15,18,19);1-4H,(H,9,10)(H2,8,11,12);2H,1,3-5H2;2*1H4. The minimum Gasteiger partial charge on any atom is -0.478 e. The number of carboxylic acid groups (broad SMARTS) is 1. The Morgan fingerprint density at radius 1 is 0.800 bits per heavy atom. The van der Waals surface area contributed by atoms with Crippen molar-refractivity contribution in [1.82, 2.24) is 5.32 Å². The van der Waals surface area contributed by atoms with Gasteiger partial charge in [-0.1, -0.05) is 45.6 Å². The Morgan fingerprint density at radius 3 is 1.68 bits per heavy atom. The van der Waals surface area contributed by atoms with Crippen molar-refractivity contribution in [3.8, 4) is 0 Å². The van der Waals surface area contributed by atoms with Gasteiger partial charge in [-0.15, -0.1) is 13.2 Å². The van der Waals surface area contributed by atoms with Gasteiger partial charge in [-0.2, -0.15) is 0 Å². The predicted octanol–water partition coefficient (Wildman–Crippen LogP) is 3.64. The summed E-state index contributed by atoms with van der Waals surface area (Å²) in [6.07, 6.45) is 8.54. The van der Waals surface area contributed by atoms with Gasteiger partial charge in [0.25, 0.3) is 5.91 Å². The Morgan fingerprint density at radius 2 is 1.27 bits per heavy atom. The summed E-state index contributed by atoms with van der Waals surface area (Å²) in [5, 5.41) is 21.1. The van der Waals surface area contributed by atoms with Crippen LogP contribution in [-0.4, -0.2) is 46.9 Å². The van der Waals surface area contributed by atoms with Gasteiger partial charge in [0.2, 0.25) is 20.0 Å². The van der Waals surface area contributed by atoms with E-state index >= 15 is 0 Å². The number of carboxylic acids is 1. The van der Waals surface area contributed by atoms with E-state index in [1.165, 1.54) is 36.4 Å². The molecule has 0 radical (unpaired) electrons. The molecule has 40 heavy (non-hydrogen) atoms. The van der Waals surface area contributed by atoms with Crippen molar-refractivity contribution in [1.29, 1.82) is 0 Å². The third-order valence-corrected chi connectivity index (χ3v) is 6.40. The van der Waals surface area contributed by atoms with Crippen LogP contribution in [0.4, 0.5) is 0 Å².